The number of nitrogens with two attached hydrogens (primary N) is 1. The molecule has 1 amide bonds. The predicted molar refractivity (Wildman–Crippen MR) is 108 cm³/mol. The summed E-state index contributed by atoms with van der Waals surface area (Å²) in [6.07, 6.45) is 2.09. The molecule has 2 aromatic rings. The van der Waals surface area contributed by atoms with Crippen molar-refractivity contribution in [2.24, 2.45) is 11.7 Å². The number of ether oxygens (including phenoxy) is 1. The van der Waals surface area contributed by atoms with Crippen molar-refractivity contribution in [1.29, 1.82) is 0 Å². The van der Waals surface area contributed by atoms with Gasteiger partial charge in [-0.15, -0.1) is 0 Å². The van der Waals surface area contributed by atoms with Gasteiger partial charge < -0.3 is 15.4 Å². The molecule has 0 aliphatic carbocycles. The molecule has 0 radical (unpaired) electrons. The van der Waals surface area contributed by atoms with Crippen LogP contribution in [0.4, 0.5) is 11.4 Å². The quantitative estimate of drug-likeness (QED) is 0.454. The Bertz CT molecular complexity index is 926. The Balaban J connectivity index is 1.72. The number of primary amides is 1. The summed E-state index contributed by atoms with van der Waals surface area (Å²) in [6.45, 7) is 3.62. The van der Waals surface area contributed by atoms with E-state index in [0.29, 0.717) is 22.7 Å². The summed E-state index contributed by atoms with van der Waals surface area (Å²) in [4.78, 5) is 36.6. The van der Waals surface area contributed by atoms with Crippen molar-refractivity contribution in [3.05, 3.63) is 69.3 Å². The molecular formula is C21H23N3O5. The van der Waals surface area contributed by atoms with E-state index in [-0.39, 0.29) is 17.9 Å². The highest BCUT2D eigenvalue weighted by atomic mass is 16.6. The number of esters is 1. The number of nitro benzene ring substituents is 1. The summed E-state index contributed by atoms with van der Waals surface area (Å²) in [5, 5.41) is 11.6. The maximum absolute atomic E-state index is 12.4. The van der Waals surface area contributed by atoms with Crippen LogP contribution in [0.15, 0.2) is 42.5 Å². The van der Waals surface area contributed by atoms with Gasteiger partial charge in [-0.3, -0.25) is 14.9 Å². The van der Waals surface area contributed by atoms with Gasteiger partial charge >= 0.3 is 5.97 Å². The van der Waals surface area contributed by atoms with Crippen molar-refractivity contribution in [2.45, 2.75) is 26.4 Å². The van der Waals surface area contributed by atoms with E-state index in [1.54, 1.807) is 36.4 Å². The Morgan fingerprint density at radius 2 is 1.90 bits per heavy atom. The SMILES string of the molecule is C[C@H]1CCCN(c2ccc(C(=O)OCc3ccc(C(N)=O)cc3)cc2[N+](=O)[O-])C1. The third kappa shape index (κ3) is 4.90. The lowest BCUT2D eigenvalue weighted by Gasteiger charge is -2.32. The van der Waals surface area contributed by atoms with Gasteiger partial charge in [0.2, 0.25) is 5.91 Å². The minimum Gasteiger partial charge on any atom is -0.457 e. The minimum absolute atomic E-state index is 0.0168. The lowest BCUT2D eigenvalue weighted by atomic mass is 9.99. The number of hydrogen-bond acceptors (Lipinski definition) is 6. The average Bonchev–Trinajstić information content (AvgIpc) is 2.71. The zero-order valence-electron chi connectivity index (χ0n) is 16.2. The first kappa shape index (κ1) is 20.3. The minimum atomic E-state index is -0.648. The van der Waals surface area contributed by atoms with Crippen LogP contribution in [0, 0.1) is 16.0 Å². The van der Waals surface area contributed by atoms with Gasteiger partial charge in [-0.2, -0.15) is 0 Å². The number of nitro groups is 1. The molecule has 1 heterocycles. The maximum atomic E-state index is 12.4. The summed E-state index contributed by atoms with van der Waals surface area (Å²) in [5.74, 6) is -0.719. The van der Waals surface area contributed by atoms with Gasteiger partial charge in [0.25, 0.3) is 5.69 Å². The molecule has 3 rings (SSSR count). The fourth-order valence-corrected chi connectivity index (χ4v) is 3.47. The van der Waals surface area contributed by atoms with Gasteiger partial charge in [-0.25, -0.2) is 4.79 Å². The van der Waals surface area contributed by atoms with Crippen LogP contribution in [0.25, 0.3) is 0 Å². The Labute approximate surface area is 168 Å². The second kappa shape index (κ2) is 8.72. The third-order valence-electron chi connectivity index (χ3n) is 5.01. The first-order valence-electron chi connectivity index (χ1n) is 9.44. The van der Waals surface area contributed by atoms with Gasteiger partial charge in [0, 0.05) is 24.7 Å². The van der Waals surface area contributed by atoms with E-state index in [1.807, 2.05) is 4.90 Å². The van der Waals surface area contributed by atoms with Gasteiger partial charge in [0.15, 0.2) is 0 Å². The highest BCUT2D eigenvalue weighted by Gasteiger charge is 2.25. The van der Waals surface area contributed by atoms with Crippen LogP contribution >= 0.6 is 0 Å². The number of amides is 1. The number of hydrogen-bond donors (Lipinski definition) is 1. The van der Waals surface area contributed by atoms with Crippen molar-refractivity contribution < 1.29 is 19.2 Å². The van der Waals surface area contributed by atoms with E-state index in [2.05, 4.69) is 6.92 Å². The van der Waals surface area contributed by atoms with Crippen molar-refractivity contribution in [3.63, 3.8) is 0 Å². The van der Waals surface area contributed by atoms with Gasteiger partial charge in [0.05, 0.1) is 10.5 Å². The summed E-state index contributed by atoms with van der Waals surface area (Å²) in [6, 6.07) is 10.8. The molecular weight excluding hydrogens is 374 g/mol. The average molecular weight is 397 g/mol. The molecule has 2 N–H and O–H groups in total. The summed E-state index contributed by atoms with van der Waals surface area (Å²) in [5.41, 5.74) is 6.78. The molecule has 1 atom stereocenters. The molecule has 8 heteroatoms. The largest absolute Gasteiger partial charge is 0.457 e. The van der Waals surface area contributed by atoms with Crippen LogP contribution < -0.4 is 10.6 Å². The maximum Gasteiger partial charge on any atom is 0.338 e. The molecule has 1 aliphatic rings. The van der Waals surface area contributed by atoms with E-state index in [4.69, 9.17) is 10.5 Å². The van der Waals surface area contributed by atoms with Crippen LogP contribution in [-0.2, 0) is 11.3 Å². The molecule has 1 aliphatic heterocycles. The monoisotopic (exact) mass is 397 g/mol. The van der Waals surface area contributed by atoms with E-state index in [1.165, 1.54) is 6.07 Å². The highest BCUT2D eigenvalue weighted by molar-refractivity contribution is 5.93. The molecule has 0 bridgehead atoms. The lowest BCUT2D eigenvalue weighted by molar-refractivity contribution is -0.384. The zero-order valence-corrected chi connectivity index (χ0v) is 16.2. The smallest absolute Gasteiger partial charge is 0.338 e. The topological polar surface area (TPSA) is 116 Å². The second-order valence-corrected chi connectivity index (χ2v) is 7.29. The number of carbonyl (C=O) groups excluding carboxylic acids is 2. The van der Waals surface area contributed by atoms with Crippen molar-refractivity contribution in [2.75, 3.05) is 18.0 Å². The first-order chi connectivity index (χ1) is 13.8. The lowest BCUT2D eigenvalue weighted by Crippen LogP contribution is -2.34. The van der Waals surface area contributed by atoms with E-state index >= 15 is 0 Å². The molecule has 0 saturated carbocycles. The van der Waals surface area contributed by atoms with Crippen LogP contribution in [0.1, 0.15) is 46.0 Å². The van der Waals surface area contributed by atoms with Gasteiger partial charge in [0.1, 0.15) is 12.3 Å². The first-order valence-corrected chi connectivity index (χ1v) is 9.44. The standard InChI is InChI=1S/C21H23N3O5/c1-14-3-2-10-23(12-14)18-9-8-17(11-19(18)24(27)28)21(26)29-13-15-4-6-16(7-5-15)20(22)25/h4-9,11,14H,2-3,10,12-13H2,1H3,(H2,22,25)/t14-/m0/s1. The number of benzene rings is 2. The Morgan fingerprint density at radius 1 is 1.21 bits per heavy atom. The highest BCUT2D eigenvalue weighted by Crippen LogP contribution is 2.32. The zero-order chi connectivity index (χ0) is 21.0. The van der Waals surface area contributed by atoms with Gasteiger partial charge in [-0.05, 0) is 48.6 Å². The molecule has 0 aromatic heterocycles. The van der Waals surface area contributed by atoms with Crippen LogP contribution in [0.2, 0.25) is 0 Å². The predicted octanol–water partition coefficient (Wildman–Crippen LogP) is 3.29. The fourth-order valence-electron chi connectivity index (χ4n) is 3.47. The third-order valence-corrected chi connectivity index (χ3v) is 5.01. The number of nitrogens with zero attached hydrogens (tertiary/aromatic N) is 2. The molecule has 8 nitrogen and oxygen atoms in total. The molecule has 0 unspecified atom stereocenters. The molecule has 0 spiro atoms. The molecule has 1 saturated heterocycles. The number of anilines is 1. The van der Waals surface area contributed by atoms with E-state index in [0.717, 1.165) is 25.9 Å². The van der Waals surface area contributed by atoms with Crippen LogP contribution in [0.5, 0.6) is 0 Å². The molecule has 2 aromatic carbocycles. The number of carbonyl (C=O) groups is 2. The normalized spacial score (nSPS) is 16.3. The van der Waals surface area contributed by atoms with Crippen LogP contribution in [-0.4, -0.2) is 29.9 Å². The fraction of sp³-hybridized carbons (Fsp3) is 0.333. The van der Waals surface area contributed by atoms with Crippen molar-refractivity contribution in [1.82, 2.24) is 0 Å². The Morgan fingerprint density at radius 3 is 2.52 bits per heavy atom. The summed E-state index contributed by atoms with van der Waals surface area (Å²) in [7, 11) is 0. The summed E-state index contributed by atoms with van der Waals surface area (Å²) >= 11 is 0. The molecule has 29 heavy (non-hydrogen) atoms. The summed E-state index contributed by atoms with van der Waals surface area (Å²) < 4.78 is 5.26. The van der Waals surface area contributed by atoms with Crippen LogP contribution in [0.3, 0.4) is 0 Å². The number of piperidine rings is 1. The van der Waals surface area contributed by atoms with E-state index < -0.39 is 16.8 Å². The number of rotatable bonds is 6. The molecule has 152 valence electrons. The second-order valence-electron chi connectivity index (χ2n) is 7.29. The van der Waals surface area contributed by atoms with Crippen molar-refractivity contribution in [3.8, 4) is 0 Å². The Hall–Kier alpha value is -3.42. The Kier molecular flexibility index (Phi) is 6.11. The molecule has 1 fully saturated rings. The van der Waals surface area contributed by atoms with E-state index in [9.17, 15) is 19.7 Å². The van der Waals surface area contributed by atoms with Crippen molar-refractivity contribution >= 4 is 23.3 Å². The van der Waals surface area contributed by atoms with Gasteiger partial charge in [-0.1, -0.05) is 19.1 Å².